The highest BCUT2D eigenvalue weighted by atomic mass is 16.3. The van der Waals surface area contributed by atoms with Crippen LogP contribution in [0.1, 0.15) is 18.4 Å². The van der Waals surface area contributed by atoms with Gasteiger partial charge in [-0.15, -0.1) is 0 Å². The van der Waals surface area contributed by atoms with Gasteiger partial charge in [0.1, 0.15) is 0 Å². The zero-order valence-corrected chi connectivity index (χ0v) is 12.0. The van der Waals surface area contributed by atoms with Gasteiger partial charge in [0.25, 0.3) is 0 Å². The summed E-state index contributed by atoms with van der Waals surface area (Å²) < 4.78 is 0. The van der Waals surface area contributed by atoms with E-state index in [1.54, 1.807) is 4.90 Å². The summed E-state index contributed by atoms with van der Waals surface area (Å²) in [6.45, 7) is 1.09. The summed E-state index contributed by atoms with van der Waals surface area (Å²) in [5.74, 6) is 0.388. The first-order valence-electron chi connectivity index (χ1n) is 7.27. The molecule has 1 atom stereocenters. The van der Waals surface area contributed by atoms with Crippen molar-refractivity contribution in [1.29, 1.82) is 0 Å². The van der Waals surface area contributed by atoms with Crippen molar-refractivity contribution in [2.24, 2.45) is 17.6 Å². The number of benzene rings is 1. The molecule has 2 rings (SSSR count). The van der Waals surface area contributed by atoms with Crippen LogP contribution in [0.5, 0.6) is 0 Å². The molecule has 0 bridgehead atoms. The molecule has 4 heteroatoms. The quantitative estimate of drug-likeness (QED) is 0.815. The number of amides is 1. The summed E-state index contributed by atoms with van der Waals surface area (Å²) >= 11 is 0. The number of nitrogens with zero attached hydrogens (tertiary/aromatic N) is 1. The van der Waals surface area contributed by atoms with Gasteiger partial charge in [-0.1, -0.05) is 30.3 Å². The van der Waals surface area contributed by atoms with Gasteiger partial charge in [0.05, 0.1) is 12.0 Å². The number of hydrogen-bond acceptors (Lipinski definition) is 3. The van der Waals surface area contributed by atoms with Gasteiger partial charge in [0.2, 0.25) is 5.91 Å². The van der Waals surface area contributed by atoms with Crippen molar-refractivity contribution in [3.05, 3.63) is 35.9 Å². The van der Waals surface area contributed by atoms with E-state index >= 15 is 0 Å². The van der Waals surface area contributed by atoms with Crippen LogP contribution in [-0.4, -0.2) is 42.2 Å². The molecular weight excluding hydrogens is 252 g/mol. The van der Waals surface area contributed by atoms with Gasteiger partial charge >= 0.3 is 0 Å². The SMILES string of the molecule is CN(CC1CC(O)C1)C(=O)C(CN)Cc1ccccc1. The molecule has 1 saturated carbocycles. The molecule has 1 fully saturated rings. The molecule has 3 N–H and O–H groups in total. The second kappa shape index (κ2) is 6.86. The van der Waals surface area contributed by atoms with Crippen LogP contribution in [0.4, 0.5) is 0 Å². The van der Waals surface area contributed by atoms with Crippen molar-refractivity contribution in [2.45, 2.75) is 25.4 Å². The molecular formula is C16H24N2O2. The van der Waals surface area contributed by atoms with Crippen LogP contribution in [0.15, 0.2) is 30.3 Å². The van der Waals surface area contributed by atoms with Crippen molar-refractivity contribution < 1.29 is 9.90 Å². The van der Waals surface area contributed by atoms with Crippen molar-refractivity contribution in [3.63, 3.8) is 0 Å². The Balaban J connectivity index is 1.87. The topological polar surface area (TPSA) is 66.6 Å². The summed E-state index contributed by atoms with van der Waals surface area (Å²) in [4.78, 5) is 14.2. The Morgan fingerprint density at radius 1 is 1.40 bits per heavy atom. The third-order valence-corrected chi connectivity index (χ3v) is 4.08. The molecule has 110 valence electrons. The molecule has 0 saturated heterocycles. The first kappa shape index (κ1) is 15.0. The molecule has 20 heavy (non-hydrogen) atoms. The monoisotopic (exact) mass is 276 g/mol. The highest BCUT2D eigenvalue weighted by Gasteiger charge is 2.30. The first-order chi connectivity index (χ1) is 9.60. The van der Waals surface area contributed by atoms with Gasteiger partial charge in [-0.05, 0) is 30.7 Å². The van der Waals surface area contributed by atoms with Crippen LogP contribution in [0.3, 0.4) is 0 Å². The van der Waals surface area contributed by atoms with Gasteiger partial charge in [-0.3, -0.25) is 4.79 Å². The Morgan fingerprint density at radius 3 is 2.60 bits per heavy atom. The fraction of sp³-hybridized carbons (Fsp3) is 0.562. The molecule has 0 aliphatic heterocycles. The molecule has 0 radical (unpaired) electrons. The van der Waals surface area contributed by atoms with Gasteiger partial charge in [0, 0.05) is 20.1 Å². The van der Waals surface area contributed by atoms with E-state index in [9.17, 15) is 9.90 Å². The number of aliphatic hydroxyl groups excluding tert-OH is 1. The molecule has 1 aromatic carbocycles. The molecule has 1 amide bonds. The van der Waals surface area contributed by atoms with Crippen molar-refractivity contribution in [2.75, 3.05) is 20.1 Å². The summed E-state index contributed by atoms with van der Waals surface area (Å²) in [7, 11) is 1.83. The largest absolute Gasteiger partial charge is 0.393 e. The highest BCUT2D eigenvalue weighted by molar-refractivity contribution is 5.79. The maximum Gasteiger partial charge on any atom is 0.227 e. The minimum Gasteiger partial charge on any atom is -0.393 e. The molecule has 1 aliphatic carbocycles. The number of hydrogen-bond donors (Lipinski definition) is 2. The Labute approximate surface area is 120 Å². The van der Waals surface area contributed by atoms with Gasteiger partial charge in [0.15, 0.2) is 0 Å². The van der Waals surface area contributed by atoms with Gasteiger partial charge < -0.3 is 15.7 Å². The number of nitrogens with two attached hydrogens (primary N) is 1. The molecule has 0 spiro atoms. The fourth-order valence-electron chi connectivity index (χ4n) is 2.81. The van der Waals surface area contributed by atoms with Crippen LogP contribution in [0, 0.1) is 11.8 Å². The van der Waals surface area contributed by atoms with E-state index in [1.165, 1.54) is 0 Å². The molecule has 1 aromatic rings. The summed E-state index contributed by atoms with van der Waals surface area (Å²) in [6, 6.07) is 9.98. The third-order valence-electron chi connectivity index (χ3n) is 4.08. The van der Waals surface area contributed by atoms with Crippen LogP contribution in [-0.2, 0) is 11.2 Å². The second-order valence-corrected chi connectivity index (χ2v) is 5.83. The Kier molecular flexibility index (Phi) is 5.15. The van der Waals surface area contributed by atoms with Crippen molar-refractivity contribution in [3.8, 4) is 0 Å². The standard InChI is InChI=1S/C16H24N2O2/c1-18(11-13-8-15(19)9-13)16(20)14(10-17)7-12-5-3-2-4-6-12/h2-6,13-15,19H,7-11,17H2,1H3. The van der Waals surface area contributed by atoms with Crippen LogP contribution >= 0.6 is 0 Å². The number of carbonyl (C=O) groups excluding carboxylic acids is 1. The minimum atomic E-state index is -0.168. The van der Waals surface area contributed by atoms with E-state index in [-0.39, 0.29) is 17.9 Å². The summed E-state index contributed by atoms with van der Waals surface area (Å²) in [5.41, 5.74) is 6.91. The van der Waals surface area contributed by atoms with E-state index in [0.717, 1.165) is 24.9 Å². The average Bonchev–Trinajstić information content (AvgIpc) is 2.43. The molecule has 1 unspecified atom stereocenters. The Bertz CT molecular complexity index is 429. The van der Waals surface area contributed by atoms with Gasteiger partial charge in [-0.25, -0.2) is 0 Å². The lowest BCUT2D eigenvalue weighted by Gasteiger charge is -2.35. The highest BCUT2D eigenvalue weighted by Crippen LogP contribution is 2.28. The molecule has 4 nitrogen and oxygen atoms in total. The number of carbonyl (C=O) groups is 1. The third kappa shape index (κ3) is 3.81. The van der Waals surface area contributed by atoms with Gasteiger partial charge in [-0.2, -0.15) is 0 Å². The second-order valence-electron chi connectivity index (χ2n) is 5.83. The summed E-state index contributed by atoms with van der Waals surface area (Å²) in [5, 5.41) is 9.30. The van der Waals surface area contributed by atoms with Crippen LogP contribution in [0.2, 0.25) is 0 Å². The van der Waals surface area contributed by atoms with E-state index in [0.29, 0.717) is 18.9 Å². The lowest BCUT2D eigenvalue weighted by atomic mass is 9.82. The predicted molar refractivity (Wildman–Crippen MR) is 79.1 cm³/mol. The van der Waals surface area contributed by atoms with E-state index in [2.05, 4.69) is 0 Å². The maximum atomic E-state index is 12.4. The van der Waals surface area contributed by atoms with Crippen LogP contribution < -0.4 is 5.73 Å². The molecule has 0 heterocycles. The maximum absolute atomic E-state index is 12.4. The predicted octanol–water partition coefficient (Wildman–Crippen LogP) is 1.03. The fourth-order valence-corrected chi connectivity index (χ4v) is 2.81. The number of rotatable bonds is 6. The van der Waals surface area contributed by atoms with E-state index in [4.69, 9.17) is 5.73 Å². The smallest absolute Gasteiger partial charge is 0.227 e. The molecule has 0 aromatic heterocycles. The minimum absolute atomic E-state index is 0.109. The lowest BCUT2D eigenvalue weighted by Crippen LogP contribution is -2.43. The Morgan fingerprint density at radius 2 is 2.05 bits per heavy atom. The average molecular weight is 276 g/mol. The Hall–Kier alpha value is -1.39. The summed E-state index contributed by atoms with van der Waals surface area (Å²) in [6.07, 6.45) is 2.14. The van der Waals surface area contributed by atoms with Crippen LogP contribution in [0.25, 0.3) is 0 Å². The molecule has 1 aliphatic rings. The number of aliphatic hydroxyl groups is 1. The van der Waals surface area contributed by atoms with Crippen molar-refractivity contribution in [1.82, 2.24) is 4.90 Å². The first-order valence-corrected chi connectivity index (χ1v) is 7.27. The zero-order valence-electron chi connectivity index (χ0n) is 12.0. The van der Waals surface area contributed by atoms with E-state index < -0.39 is 0 Å². The van der Waals surface area contributed by atoms with Crippen molar-refractivity contribution >= 4 is 5.91 Å². The van der Waals surface area contributed by atoms with E-state index in [1.807, 2.05) is 37.4 Å². The normalized spacial score (nSPS) is 22.9. The lowest BCUT2D eigenvalue weighted by molar-refractivity contribution is -0.135. The zero-order chi connectivity index (χ0) is 14.5.